The molecule has 2 heterocycles. The van der Waals surface area contributed by atoms with E-state index in [0.29, 0.717) is 17.6 Å². The van der Waals surface area contributed by atoms with Crippen LogP contribution in [0.15, 0.2) is 48.8 Å². The first-order valence-electron chi connectivity index (χ1n) is 9.58. The largest absolute Gasteiger partial charge is 0.421 e. The number of primary amides is 1. The summed E-state index contributed by atoms with van der Waals surface area (Å²) >= 11 is 0. The summed E-state index contributed by atoms with van der Waals surface area (Å²) in [4.78, 5) is 22.9. The van der Waals surface area contributed by atoms with E-state index in [1.807, 2.05) is 0 Å². The van der Waals surface area contributed by atoms with E-state index in [4.69, 9.17) is 5.73 Å². The molecule has 0 spiro atoms. The number of hydrogen-bond acceptors (Lipinski definition) is 8. The molecule has 0 radical (unpaired) electrons. The highest BCUT2D eigenvalue weighted by atomic mass is 32.2. The van der Waals surface area contributed by atoms with Crippen LogP contribution in [-0.4, -0.2) is 42.6 Å². The molecule has 2 aromatic heterocycles. The van der Waals surface area contributed by atoms with Crippen molar-refractivity contribution in [2.24, 2.45) is 5.73 Å². The zero-order chi connectivity index (χ0) is 25.1. The summed E-state index contributed by atoms with van der Waals surface area (Å²) in [5.41, 5.74) is 5.37. The van der Waals surface area contributed by atoms with Gasteiger partial charge in [-0.2, -0.15) is 18.2 Å². The molecule has 3 rings (SSSR count). The Balaban J connectivity index is 1.84. The standard InChI is InChI=1S/C20H20F3N7O3S/c1-30(34(2,32)33)15-7-8-25-14(9-15)10-26-18-16(20(21,22)23)11-27-19(29-18)28-13-5-3-12(4-6-13)17(24)31/h3-9,11H,10H2,1-2H3,(H2,24,31)(H2,26,27,28,29). The van der Waals surface area contributed by atoms with Crippen molar-refractivity contribution in [1.82, 2.24) is 15.0 Å². The quantitative estimate of drug-likeness (QED) is 0.433. The topological polar surface area (TPSA) is 143 Å². The summed E-state index contributed by atoms with van der Waals surface area (Å²) in [7, 11) is -2.18. The van der Waals surface area contributed by atoms with Gasteiger partial charge in [-0.25, -0.2) is 13.4 Å². The molecule has 0 saturated carbocycles. The number of benzene rings is 1. The van der Waals surface area contributed by atoms with Crippen LogP contribution in [0.1, 0.15) is 21.6 Å². The molecule has 0 fully saturated rings. The maximum absolute atomic E-state index is 13.5. The third-order valence-electron chi connectivity index (χ3n) is 4.62. The molecule has 4 N–H and O–H groups in total. The van der Waals surface area contributed by atoms with E-state index in [9.17, 15) is 26.4 Å². The molecule has 0 bridgehead atoms. The number of hydrogen-bond donors (Lipinski definition) is 3. The van der Waals surface area contributed by atoms with Crippen molar-refractivity contribution in [3.63, 3.8) is 0 Å². The van der Waals surface area contributed by atoms with E-state index in [-0.39, 0.29) is 23.8 Å². The van der Waals surface area contributed by atoms with Crippen molar-refractivity contribution in [3.8, 4) is 0 Å². The summed E-state index contributed by atoms with van der Waals surface area (Å²) in [5, 5.41) is 5.35. The fourth-order valence-electron chi connectivity index (χ4n) is 2.75. The average Bonchev–Trinajstić information content (AvgIpc) is 2.76. The molecule has 0 aliphatic rings. The Kier molecular flexibility index (Phi) is 6.91. The number of alkyl halides is 3. The molecule has 180 valence electrons. The highest BCUT2D eigenvalue weighted by molar-refractivity contribution is 7.92. The number of anilines is 4. The summed E-state index contributed by atoms with van der Waals surface area (Å²) in [6.07, 6.45) is -1.72. The molecular formula is C20H20F3N7O3S. The van der Waals surface area contributed by atoms with Crippen LogP contribution >= 0.6 is 0 Å². The van der Waals surface area contributed by atoms with Crippen LogP contribution in [0.3, 0.4) is 0 Å². The van der Waals surface area contributed by atoms with Gasteiger partial charge in [-0.15, -0.1) is 0 Å². The fraction of sp³-hybridized carbons (Fsp3) is 0.200. The minimum atomic E-state index is -4.73. The summed E-state index contributed by atoms with van der Waals surface area (Å²) in [6.45, 7) is -0.168. The number of carbonyl (C=O) groups is 1. The average molecular weight is 495 g/mol. The summed E-state index contributed by atoms with van der Waals surface area (Å²) in [6, 6.07) is 8.79. The highest BCUT2D eigenvalue weighted by Crippen LogP contribution is 2.34. The van der Waals surface area contributed by atoms with Crippen molar-refractivity contribution >= 4 is 39.1 Å². The predicted octanol–water partition coefficient (Wildman–Crippen LogP) is 2.74. The first-order chi connectivity index (χ1) is 15.8. The molecule has 0 unspecified atom stereocenters. The predicted molar refractivity (Wildman–Crippen MR) is 120 cm³/mol. The Hall–Kier alpha value is -3.94. The van der Waals surface area contributed by atoms with E-state index in [0.717, 1.165) is 10.6 Å². The normalized spacial score (nSPS) is 11.7. The first kappa shape index (κ1) is 24.7. The lowest BCUT2D eigenvalue weighted by Crippen LogP contribution is -2.25. The summed E-state index contributed by atoms with van der Waals surface area (Å²) < 4.78 is 64.9. The molecule has 0 saturated heterocycles. The van der Waals surface area contributed by atoms with Crippen molar-refractivity contribution in [3.05, 3.63) is 65.6 Å². The number of nitrogens with one attached hydrogen (secondary N) is 2. The molecule has 0 aliphatic heterocycles. The van der Waals surface area contributed by atoms with E-state index < -0.39 is 33.5 Å². The van der Waals surface area contributed by atoms with E-state index in [2.05, 4.69) is 25.6 Å². The number of aromatic nitrogens is 3. The first-order valence-corrected chi connectivity index (χ1v) is 11.4. The number of rotatable bonds is 8. The smallest absolute Gasteiger partial charge is 0.366 e. The lowest BCUT2D eigenvalue weighted by Gasteiger charge is -2.18. The van der Waals surface area contributed by atoms with Gasteiger partial charge >= 0.3 is 6.18 Å². The molecule has 1 amide bonds. The Morgan fingerprint density at radius 1 is 1.15 bits per heavy atom. The van der Waals surface area contributed by atoms with Gasteiger partial charge in [-0.05, 0) is 36.4 Å². The molecule has 3 aromatic rings. The highest BCUT2D eigenvalue weighted by Gasteiger charge is 2.35. The third kappa shape index (κ3) is 6.10. The van der Waals surface area contributed by atoms with Gasteiger partial charge in [0.1, 0.15) is 11.4 Å². The van der Waals surface area contributed by atoms with Gasteiger partial charge in [-0.1, -0.05) is 0 Å². The summed E-state index contributed by atoms with van der Waals surface area (Å²) in [5.74, 6) is -1.24. The van der Waals surface area contributed by atoms with Crippen LogP contribution in [-0.2, 0) is 22.7 Å². The lowest BCUT2D eigenvalue weighted by molar-refractivity contribution is -0.137. The number of nitrogens with two attached hydrogens (primary N) is 1. The minimum Gasteiger partial charge on any atom is -0.366 e. The third-order valence-corrected chi connectivity index (χ3v) is 5.82. The molecule has 10 nitrogen and oxygen atoms in total. The second-order valence-corrected chi connectivity index (χ2v) is 9.12. The molecule has 1 aromatic carbocycles. The van der Waals surface area contributed by atoms with Gasteiger partial charge in [-0.3, -0.25) is 14.1 Å². The van der Waals surface area contributed by atoms with Gasteiger partial charge < -0.3 is 16.4 Å². The monoisotopic (exact) mass is 495 g/mol. The van der Waals surface area contributed by atoms with Gasteiger partial charge in [0.25, 0.3) is 0 Å². The van der Waals surface area contributed by atoms with Crippen molar-refractivity contribution < 1.29 is 26.4 Å². The van der Waals surface area contributed by atoms with Gasteiger partial charge in [0.2, 0.25) is 21.9 Å². The molecule has 34 heavy (non-hydrogen) atoms. The van der Waals surface area contributed by atoms with Crippen molar-refractivity contribution in [2.45, 2.75) is 12.7 Å². The molecular weight excluding hydrogens is 475 g/mol. The maximum Gasteiger partial charge on any atom is 0.421 e. The Bertz CT molecular complexity index is 1300. The number of halogens is 3. The lowest BCUT2D eigenvalue weighted by atomic mass is 10.2. The van der Waals surface area contributed by atoms with Crippen LogP contribution in [0.2, 0.25) is 0 Å². The van der Waals surface area contributed by atoms with E-state index in [1.165, 1.54) is 49.6 Å². The van der Waals surface area contributed by atoms with Crippen LogP contribution < -0.4 is 20.7 Å². The Labute approximate surface area is 193 Å². The number of amides is 1. The maximum atomic E-state index is 13.5. The Morgan fingerprint density at radius 2 is 1.82 bits per heavy atom. The van der Waals surface area contributed by atoms with Gasteiger partial charge in [0.15, 0.2) is 0 Å². The van der Waals surface area contributed by atoms with Gasteiger partial charge in [0, 0.05) is 30.7 Å². The van der Waals surface area contributed by atoms with Gasteiger partial charge in [0.05, 0.1) is 24.2 Å². The number of carbonyl (C=O) groups excluding carboxylic acids is 1. The van der Waals surface area contributed by atoms with Crippen molar-refractivity contribution in [2.75, 3.05) is 28.2 Å². The zero-order valence-corrected chi connectivity index (χ0v) is 18.8. The van der Waals surface area contributed by atoms with E-state index >= 15 is 0 Å². The second-order valence-electron chi connectivity index (χ2n) is 7.11. The fourth-order valence-corrected chi connectivity index (χ4v) is 3.25. The molecule has 14 heteroatoms. The van der Waals surface area contributed by atoms with Crippen LogP contribution in [0.4, 0.5) is 36.3 Å². The van der Waals surface area contributed by atoms with E-state index in [1.54, 1.807) is 0 Å². The SMILES string of the molecule is CN(c1ccnc(CNc2nc(Nc3ccc(C(N)=O)cc3)ncc2C(F)(F)F)c1)S(C)(=O)=O. The van der Waals surface area contributed by atoms with Crippen LogP contribution in [0.25, 0.3) is 0 Å². The number of nitrogens with zero attached hydrogens (tertiary/aromatic N) is 4. The van der Waals surface area contributed by atoms with Crippen LogP contribution in [0, 0.1) is 0 Å². The minimum absolute atomic E-state index is 0.124. The number of pyridine rings is 1. The molecule has 0 aliphatic carbocycles. The zero-order valence-electron chi connectivity index (χ0n) is 18.0. The Morgan fingerprint density at radius 3 is 2.41 bits per heavy atom. The molecule has 0 atom stereocenters. The second kappa shape index (κ2) is 9.51. The van der Waals surface area contributed by atoms with Crippen LogP contribution in [0.5, 0.6) is 0 Å². The van der Waals surface area contributed by atoms with Crippen molar-refractivity contribution in [1.29, 1.82) is 0 Å². The number of sulfonamides is 1.